The van der Waals surface area contributed by atoms with Gasteiger partial charge in [0, 0.05) is 29.5 Å². The van der Waals surface area contributed by atoms with Crippen LogP contribution in [0.15, 0.2) is 69.4 Å². The number of aryl methyl sites for hydroxylation is 2. The topological polar surface area (TPSA) is 34.9 Å². The first kappa shape index (κ1) is 18.7. The van der Waals surface area contributed by atoms with Crippen LogP contribution >= 0.6 is 35.1 Å². The maximum absolute atomic E-state index is 13.0. The van der Waals surface area contributed by atoms with Crippen molar-refractivity contribution in [2.75, 3.05) is 5.75 Å². The molecule has 0 bridgehead atoms. The van der Waals surface area contributed by atoms with Crippen LogP contribution in [0.2, 0.25) is 5.02 Å². The number of hydrogen-bond donors (Lipinski definition) is 0. The Hall–Kier alpha value is -1.69. The number of fused-ring (bicyclic) bond motifs is 1. The molecular formula is C21H19ClN2OS2. The van der Waals surface area contributed by atoms with E-state index in [1.54, 1.807) is 23.5 Å². The van der Waals surface area contributed by atoms with Crippen molar-refractivity contribution in [2.24, 2.45) is 0 Å². The summed E-state index contributed by atoms with van der Waals surface area (Å²) < 4.78 is 1.85. The quantitative estimate of drug-likeness (QED) is 0.416. The number of nitrogens with zero attached hydrogens (tertiary/aromatic N) is 2. The van der Waals surface area contributed by atoms with E-state index >= 15 is 0 Å². The van der Waals surface area contributed by atoms with Gasteiger partial charge in [-0.2, -0.15) is 0 Å². The van der Waals surface area contributed by atoms with Gasteiger partial charge in [-0.15, -0.1) is 11.8 Å². The minimum atomic E-state index is 0.104. The van der Waals surface area contributed by atoms with Crippen LogP contribution in [0.5, 0.6) is 0 Å². The highest BCUT2D eigenvalue weighted by Crippen LogP contribution is 2.30. The zero-order valence-corrected chi connectivity index (χ0v) is 17.1. The maximum Gasteiger partial charge on any atom is 0.268 e. The monoisotopic (exact) mass is 414 g/mol. The lowest BCUT2D eigenvalue weighted by atomic mass is 10.1. The second-order valence-corrected chi connectivity index (χ2v) is 8.86. The maximum atomic E-state index is 13.0. The largest absolute Gasteiger partial charge is 0.286 e. The predicted octanol–water partition coefficient (Wildman–Crippen LogP) is 5.08. The zero-order valence-electron chi connectivity index (χ0n) is 14.7. The number of benzene rings is 2. The fourth-order valence-electron chi connectivity index (χ4n) is 3.09. The van der Waals surface area contributed by atoms with Gasteiger partial charge in [-0.25, -0.2) is 4.98 Å². The molecule has 0 N–H and O–H groups in total. The minimum absolute atomic E-state index is 0.104. The number of hydrogen-bond acceptors (Lipinski definition) is 4. The summed E-state index contributed by atoms with van der Waals surface area (Å²) in [6.45, 7) is 0.640. The van der Waals surface area contributed by atoms with Crippen LogP contribution in [-0.4, -0.2) is 15.3 Å². The molecule has 0 unspecified atom stereocenters. The molecule has 0 fully saturated rings. The third kappa shape index (κ3) is 4.42. The van der Waals surface area contributed by atoms with E-state index in [9.17, 15) is 4.79 Å². The van der Waals surface area contributed by atoms with Crippen molar-refractivity contribution in [1.82, 2.24) is 9.55 Å². The minimum Gasteiger partial charge on any atom is -0.286 e. The fraction of sp³-hybridized carbons (Fsp3) is 0.238. The standard InChI is InChI=1S/C21H19ClN2OS2/c22-17-8-4-7-16(13-17)14-27-21-23-18-10-12-26-19(18)20(25)24(21)11-9-15-5-2-1-3-6-15/h1-8,13H,9-12,14H2. The van der Waals surface area contributed by atoms with Gasteiger partial charge >= 0.3 is 0 Å². The third-order valence-corrected chi connectivity index (χ3v) is 6.86. The summed E-state index contributed by atoms with van der Waals surface area (Å²) in [5.74, 6) is 1.68. The molecule has 0 saturated carbocycles. The van der Waals surface area contributed by atoms with Gasteiger partial charge in [0.05, 0.1) is 10.6 Å². The Labute approximate surface area is 172 Å². The van der Waals surface area contributed by atoms with Gasteiger partial charge in [-0.1, -0.05) is 65.8 Å². The van der Waals surface area contributed by atoms with Crippen molar-refractivity contribution in [3.05, 3.63) is 86.8 Å². The normalized spacial score (nSPS) is 12.9. The van der Waals surface area contributed by atoms with Gasteiger partial charge < -0.3 is 0 Å². The van der Waals surface area contributed by atoms with Crippen molar-refractivity contribution in [3.63, 3.8) is 0 Å². The molecule has 0 saturated heterocycles. The Morgan fingerprint density at radius 3 is 2.74 bits per heavy atom. The summed E-state index contributed by atoms with van der Waals surface area (Å²) in [4.78, 5) is 18.7. The molecule has 0 spiro atoms. The van der Waals surface area contributed by atoms with E-state index in [1.807, 2.05) is 41.0 Å². The van der Waals surface area contributed by atoms with E-state index in [-0.39, 0.29) is 5.56 Å². The smallest absolute Gasteiger partial charge is 0.268 e. The van der Waals surface area contributed by atoms with Crippen LogP contribution in [0.4, 0.5) is 0 Å². The number of aromatic nitrogens is 2. The zero-order chi connectivity index (χ0) is 18.6. The van der Waals surface area contributed by atoms with Crippen molar-refractivity contribution < 1.29 is 0 Å². The van der Waals surface area contributed by atoms with Crippen LogP contribution in [-0.2, 0) is 25.1 Å². The molecule has 138 valence electrons. The van der Waals surface area contributed by atoms with Crippen LogP contribution < -0.4 is 5.56 Å². The van der Waals surface area contributed by atoms with Gasteiger partial charge in [0.15, 0.2) is 5.16 Å². The second-order valence-electron chi connectivity index (χ2n) is 6.38. The molecule has 3 aromatic rings. The van der Waals surface area contributed by atoms with Crippen molar-refractivity contribution >= 4 is 35.1 Å². The first-order valence-electron chi connectivity index (χ1n) is 8.88. The Kier molecular flexibility index (Phi) is 5.91. The Morgan fingerprint density at radius 2 is 1.93 bits per heavy atom. The summed E-state index contributed by atoms with van der Waals surface area (Å²) in [6.07, 6.45) is 1.69. The molecule has 1 aliphatic heterocycles. The molecule has 1 aromatic heterocycles. The number of halogens is 1. The molecule has 2 aromatic carbocycles. The molecule has 3 nitrogen and oxygen atoms in total. The van der Waals surface area contributed by atoms with Crippen molar-refractivity contribution in [3.8, 4) is 0 Å². The van der Waals surface area contributed by atoms with E-state index in [2.05, 4.69) is 18.2 Å². The molecular weight excluding hydrogens is 396 g/mol. The van der Waals surface area contributed by atoms with Crippen LogP contribution in [0, 0.1) is 0 Å². The predicted molar refractivity (Wildman–Crippen MR) is 114 cm³/mol. The molecule has 27 heavy (non-hydrogen) atoms. The summed E-state index contributed by atoms with van der Waals surface area (Å²) in [7, 11) is 0. The molecule has 4 rings (SSSR count). The lowest BCUT2D eigenvalue weighted by Crippen LogP contribution is -2.26. The molecule has 0 amide bonds. The van der Waals surface area contributed by atoms with Crippen molar-refractivity contribution in [2.45, 2.75) is 35.2 Å². The third-order valence-electron chi connectivity index (χ3n) is 4.47. The first-order valence-corrected chi connectivity index (χ1v) is 11.2. The molecule has 1 aliphatic rings. The van der Waals surface area contributed by atoms with Crippen LogP contribution in [0.3, 0.4) is 0 Å². The van der Waals surface area contributed by atoms with Gasteiger partial charge in [-0.3, -0.25) is 9.36 Å². The van der Waals surface area contributed by atoms with Crippen LogP contribution in [0.25, 0.3) is 0 Å². The van der Waals surface area contributed by atoms with Gasteiger partial charge in [-0.05, 0) is 29.7 Å². The molecule has 2 heterocycles. The lowest BCUT2D eigenvalue weighted by Gasteiger charge is -2.14. The van der Waals surface area contributed by atoms with E-state index in [4.69, 9.17) is 16.6 Å². The van der Waals surface area contributed by atoms with E-state index in [0.29, 0.717) is 6.54 Å². The summed E-state index contributed by atoms with van der Waals surface area (Å²) in [6, 6.07) is 18.1. The lowest BCUT2D eigenvalue weighted by molar-refractivity contribution is 0.565. The SMILES string of the molecule is O=c1c2c(nc(SCc3cccc(Cl)c3)n1CCc1ccccc1)CCS2. The molecule has 0 atom stereocenters. The Morgan fingerprint density at radius 1 is 1.11 bits per heavy atom. The van der Waals surface area contributed by atoms with E-state index in [1.165, 1.54) is 5.56 Å². The highest BCUT2D eigenvalue weighted by molar-refractivity contribution is 7.99. The molecule has 0 aliphatic carbocycles. The van der Waals surface area contributed by atoms with Gasteiger partial charge in [0.25, 0.3) is 5.56 Å². The summed E-state index contributed by atoms with van der Waals surface area (Å²) in [5.41, 5.74) is 3.41. The average molecular weight is 415 g/mol. The van der Waals surface area contributed by atoms with Crippen LogP contribution in [0.1, 0.15) is 16.8 Å². The highest BCUT2D eigenvalue weighted by atomic mass is 35.5. The molecule has 0 radical (unpaired) electrons. The number of thioether (sulfide) groups is 2. The highest BCUT2D eigenvalue weighted by Gasteiger charge is 2.21. The Balaban J connectivity index is 1.60. The first-order chi connectivity index (χ1) is 13.2. The van der Waals surface area contributed by atoms with Gasteiger partial charge in [0.2, 0.25) is 0 Å². The second kappa shape index (κ2) is 8.55. The van der Waals surface area contributed by atoms with E-state index in [0.717, 1.165) is 50.7 Å². The van der Waals surface area contributed by atoms with E-state index < -0.39 is 0 Å². The molecule has 6 heteroatoms. The average Bonchev–Trinajstić information content (AvgIpc) is 3.15. The van der Waals surface area contributed by atoms with Crippen molar-refractivity contribution in [1.29, 1.82) is 0 Å². The number of rotatable bonds is 6. The van der Waals surface area contributed by atoms with Gasteiger partial charge in [0.1, 0.15) is 0 Å². The summed E-state index contributed by atoms with van der Waals surface area (Å²) >= 11 is 9.34. The Bertz CT molecular complexity index is 1000. The summed E-state index contributed by atoms with van der Waals surface area (Å²) in [5, 5.41) is 1.53. The fourth-order valence-corrected chi connectivity index (χ4v) is 5.33.